The van der Waals surface area contributed by atoms with E-state index in [1.165, 1.54) is 21.9 Å². The predicted octanol–water partition coefficient (Wildman–Crippen LogP) is 6.18. The molecule has 4 aromatic rings. The second-order valence-corrected chi connectivity index (χ2v) is 5.81. The molecule has 0 fully saturated rings. The van der Waals surface area contributed by atoms with Crippen LogP contribution in [0.3, 0.4) is 0 Å². The molecule has 1 nitrogen and oxygen atoms in total. The molecule has 0 saturated heterocycles. The van der Waals surface area contributed by atoms with E-state index in [-0.39, 0.29) is 0 Å². The van der Waals surface area contributed by atoms with Gasteiger partial charge >= 0.3 is 0 Å². The number of rotatable bonds is 3. The summed E-state index contributed by atoms with van der Waals surface area (Å²) >= 11 is 0. The molecular formula is C23H18O. The summed E-state index contributed by atoms with van der Waals surface area (Å²) in [6, 6.07) is 31.8. The Morgan fingerprint density at radius 1 is 0.583 bits per heavy atom. The third-order valence-corrected chi connectivity index (χ3v) is 4.38. The van der Waals surface area contributed by atoms with Crippen LogP contribution < -0.4 is 4.74 Å². The van der Waals surface area contributed by atoms with Crippen LogP contribution in [-0.4, -0.2) is 7.11 Å². The zero-order valence-corrected chi connectivity index (χ0v) is 13.6. The van der Waals surface area contributed by atoms with Crippen molar-refractivity contribution in [2.75, 3.05) is 7.11 Å². The van der Waals surface area contributed by atoms with E-state index < -0.39 is 0 Å². The Morgan fingerprint density at radius 2 is 1.21 bits per heavy atom. The van der Waals surface area contributed by atoms with Crippen LogP contribution in [0.25, 0.3) is 33.0 Å². The van der Waals surface area contributed by atoms with Gasteiger partial charge < -0.3 is 4.74 Å². The van der Waals surface area contributed by atoms with Crippen LogP contribution in [0.5, 0.6) is 5.75 Å². The maximum absolute atomic E-state index is 5.52. The minimum atomic E-state index is 0.896. The first-order valence-electron chi connectivity index (χ1n) is 8.08. The fourth-order valence-corrected chi connectivity index (χ4v) is 3.21. The lowest BCUT2D eigenvalue weighted by atomic mass is 9.95. The van der Waals surface area contributed by atoms with Gasteiger partial charge in [0.1, 0.15) is 5.75 Å². The van der Waals surface area contributed by atoms with Gasteiger partial charge in [0.25, 0.3) is 0 Å². The third kappa shape index (κ3) is 2.55. The van der Waals surface area contributed by atoms with Gasteiger partial charge in [-0.25, -0.2) is 0 Å². The van der Waals surface area contributed by atoms with Gasteiger partial charge in [-0.05, 0) is 39.6 Å². The molecule has 0 spiro atoms. The van der Waals surface area contributed by atoms with E-state index in [0.717, 1.165) is 16.9 Å². The number of benzene rings is 4. The fraction of sp³-hybridized carbons (Fsp3) is 0.0435. The highest BCUT2D eigenvalue weighted by Gasteiger charge is 2.08. The SMILES string of the molecule is COc1ccccc1-c1cccc(-c2cccc3ccccc23)c1. The summed E-state index contributed by atoms with van der Waals surface area (Å²) < 4.78 is 5.52. The van der Waals surface area contributed by atoms with Gasteiger partial charge in [0.15, 0.2) is 0 Å². The summed E-state index contributed by atoms with van der Waals surface area (Å²) in [6.45, 7) is 0. The van der Waals surface area contributed by atoms with Crippen molar-refractivity contribution in [1.82, 2.24) is 0 Å². The number of methoxy groups -OCH3 is 1. The van der Waals surface area contributed by atoms with Crippen molar-refractivity contribution in [1.29, 1.82) is 0 Å². The van der Waals surface area contributed by atoms with Gasteiger partial charge in [0.05, 0.1) is 7.11 Å². The van der Waals surface area contributed by atoms with Gasteiger partial charge in [0, 0.05) is 5.56 Å². The molecule has 0 N–H and O–H groups in total. The summed E-state index contributed by atoms with van der Waals surface area (Å²) in [4.78, 5) is 0. The Kier molecular flexibility index (Phi) is 3.76. The maximum Gasteiger partial charge on any atom is 0.126 e. The second-order valence-electron chi connectivity index (χ2n) is 5.81. The zero-order chi connectivity index (χ0) is 16.4. The molecule has 0 radical (unpaired) electrons. The van der Waals surface area contributed by atoms with Gasteiger partial charge in [-0.2, -0.15) is 0 Å². The monoisotopic (exact) mass is 310 g/mol. The number of hydrogen-bond donors (Lipinski definition) is 0. The normalized spacial score (nSPS) is 10.7. The van der Waals surface area contributed by atoms with Crippen LogP contribution in [0.1, 0.15) is 0 Å². The summed E-state index contributed by atoms with van der Waals surface area (Å²) in [5.74, 6) is 0.896. The molecule has 0 saturated carbocycles. The maximum atomic E-state index is 5.52. The van der Waals surface area contributed by atoms with E-state index >= 15 is 0 Å². The van der Waals surface area contributed by atoms with E-state index in [1.807, 2.05) is 18.2 Å². The van der Waals surface area contributed by atoms with Crippen LogP contribution in [0.2, 0.25) is 0 Å². The quantitative estimate of drug-likeness (QED) is 0.439. The molecule has 0 aliphatic carbocycles. The molecule has 4 aromatic carbocycles. The summed E-state index contributed by atoms with van der Waals surface area (Å²) in [6.07, 6.45) is 0. The van der Waals surface area contributed by atoms with Crippen LogP contribution in [0.15, 0.2) is 91.0 Å². The predicted molar refractivity (Wildman–Crippen MR) is 101 cm³/mol. The average Bonchev–Trinajstić information content (AvgIpc) is 2.67. The molecule has 24 heavy (non-hydrogen) atoms. The number of fused-ring (bicyclic) bond motifs is 1. The van der Waals surface area contributed by atoms with Gasteiger partial charge in [0.2, 0.25) is 0 Å². The first-order valence-corrected chi connectivity index (χ1v) is 8.08. The average molecular weight is 310 g/mol. The first-order chi connectivity index (χ1) is 11.9. The van der Waals surface area contributed by atoms with Crippen molar-refractivity contribution in [2.24, 2.45) is 0 Å². The second kappa shape index (κ2) is 6.21. The summed E-state index contributed by atoms with van der Waals surface area (Å²) in [5, 5.41) is 2.54. The highest BCUT2D eigenvalue weighted by Crippen LogP contribution is 2.34. The summed E-state index contributed by atoms with van der Waals surface area (Å²) in [7, 11) is 1.72. The van der Waals surface area contributed by atoms with Crippen molar-refractivity contribution >= 4 is 10.8 Å². The molecular weight excluding hydrogens is 292 g/mol. The summed E-state index contributed by atoms with van der Waals surface area (Å²) in [5.41, 5.74) is 4.75. The van der Waals surface area contributed by atoms with Crippen molar-refractivity contribution in [3.05, 3.63) is 91.0 Å². The Bertz CT molecular complexity index is 996. The topological polar surface area (TPSA) is 9.23 Å². The standard InChI is InChI=1S/C23H18O/c1-24-23-15-5-4-13-22(23)19-11-6-10-18(16-19)21-14-7-9-17-8-2-3-12-20(17)21/h2-16H,1H3. The van der Waals surface area contributed by atoms with E-state index in [9.17, 15) is 0 Å². The molecule has 0 bridgehead atoms. The molecule has 0 heterocycles. The molecule has 1 heteroatoms. The Hall–Kier alpha value is -3.06. The van der Waals surface area contributed by atoms with Crippen LogP contribution in [0, 0.1) is 0 Å². The third-order valence-electron chi connectivity index (χ3n) is 4.38. The minimum absolute atomic E-state index is 0.896. The van der Waals surface area contributed by atoms with Crippen molar-refractivity contribution in [3.63, 3.8) is 0 Å². The first kappa shape index (κ1) is 14.5. The highest BCUT2D eigenvalue weighted by atomic mass is 16.5. The van der Waals surface area contributed by atoms with Gasteiger partial charge in [-0.15, -0.1) is 0 Å². The van der Waals surface area contributed by atoms with Crippen molar-refractivity contribution in [2.45, 2.75) is 0 Å². The van der Waals surface area contributed by atoms with E-state index in [4.69, 9.17) is 4.74 Å². The van der Waals surface area contributed by atoms with Crippen LogP contribution in [0.4, 0.5) is 0 Å². The molecule has 4 rings (SSSR count). The Balaban J connectivity index is 1.89. The van der Waals surface area contributed by atoms with E-state index in [1.54, 1.807) is 7.11 Å². The molecule has 0 atom stereocenters. The molecule has 0 unspecified atom stereocenters. The van der Waals surface area contributed by atoms with Crippen LogP contribution in [-0.2, 0) is 0 Å². The lowest BCUT2D eigenvalue weighted by molar-refractivity contribution is 0.416. The molecule has 0 aromatic heterocycles. The molecule has 0 aliphatic heterocycles. The fourth-order valence-electron chi connectivity index (χ4n) is 3.21. The van der Waals surface area contributed by atoms with Crippen molar-refractivity contribution < 1.29 is 4.74 Å². The number of hydrogen-bond acceptors (Lipinski definition) is 1. The van der Waals surface area contributed by atoms with E-state index in [0.29, 0.717) is 0 Å². The highest BCUT2D eigenvalue weighted by molar-refractivity contribution is 5.97. The van der Waals surface area contributed by atoms with Gasteiger partial charge in [-0.1, -0.05) is 78.9 Å². The largest absolute Gasteiger partial charge is 0.496 e. The Morgan fingerprint density at radius 3 is 2.08 bits per heavy atom. The van der Waals surface area contributed by atoms with Gasteiger partial charge in [-0.3, -0.25) is 0 Å². The number of ether oxygens (including phenoxy) is 1. The molecule has 0 aliphatic rings. The zero-order valence-electron chi connectivity index (χ0n) is 13.6. The molecule has 116 valence electrons. The minimum Gasteiger partial charge on any atom is -0.496 e. The lowest BCUT2D eigenvalue weighted by Crippen LogP contribution is -1.88. The molecule has 0 amide bonds. The van der Waals surface area contributed by atoms with Crippen molar-refractivity contribution in [3.8, 4) is 28.0 Å². The Labute approximate surface area is 142 Å². The smallest absolute Gasteiger partial charge is 0.126 e. The number of para-hydroxylation sites is 1. The van der Waals surface area contributed by atoms with Crippen LogP contribution >= 0.6 is 0 Å². The lowest BCUT2D eigenvalue weighted by Gasteiger charge is -2.11. The van der Waals surface area contributed by atoms with E-state index in [2.05, 4.69) is 72.8 Å².